The zero-order valence-electron chi connectivity index (χ0n) is 12.5. The molecule has 0 bridgehead atoms. The molecule has 1 unspecified atom stereocenters. The van der Waals surface area contributed by atoms with E-state index in [4.69, 9.17) is 11.6 Å². The fourth-order valence-corrected chi connectivity index (χ4v) is 2.15. The molecule has 120 valence electrons. The summed E-state index contributed by atoms with van der Waals surface area (Å²) in [5.74, 6) is -1.26. The van der Waals surface area contributed by atoms with Gasteiger partial charge in [0.25, 0.3) is 5.91 Å². The van der Waals surface area contributed by atoms with Gasteiger partial charge in [0.1, 0.15) is 11.7 Å². The van der Waals surface area contributed by atoms with Crippen molar-refractivity contribution in [2.75, 3.05) is 11.2 Å². The number of carbonyl (C=O) groups excluding carboxylic acids is 2. The molecule has 2 N–H and O–H groups in total. The summed E-state index contributed by atoms with van der Waals surface area (Å²) in [7, 11) is 0. The Balaban J connectivity index is 2.14. The predicted molar refractivity (Wildman–Crippen MR) is 88.1 cm³/mol. The minimum absolute atomic E-state index is 0.193. The van der Waals surface area contributed by atoms with Gasteiger partial charge in [0.05, 0.1) is 17.3 Å². The van der Waals surface area contributed by atoms with Gasteiger partial charge in [0, 0.05) is 0 Å². The summed E-state index contributed by atoms with van der Waals surface area (Å²) in [5.41, 5.74) is 1.50. The van der Waals surface area contributed by atoms with E-state index in [0.29, 0.717) is 11.3 Å². The molecule has 0 spiro atoms. The summed E-state index contributed by atoms with van der Waals surface area (Å²) in [5, 5.41) is 5.40. The molecule has 0 saturated heterocycles. The first kappa shape index (κ1) is 17.0. The normalized spacial score (nSPS) is 11.6. The smallest absolute Gasteiger partial charge is 0.253 e. The van der Waals surface area contributed by atoms with E-state index in [1.807, 2.05) is 0 Å². The standard InChI is InChI=1S/C17H16ClFN2O2/c1-11(12-6-8-13(19)9-7-12)20-17(23)14-4-2-3-5-15(14)21-16(22)10-18/h2-9,11H,10H2,1H3,(H,20,23)(H,21,22). The fourth-order valence-electron chi connectivity index (χ4n) is 2.08. The van der Waals surface area contributed by atoms with E-state index in [-0.39, 0.29) is 23.6 Å². The maximum Gasteiger partial charge on any atom is 0.253 e. The summed E-state index contributed by atoms with van der Waals surface area (Å²) in [6, 6.07) is 12.2. The van der Waals surface area contributed by atoms with Crippen molar-refractivity contribution in [3.8, 4) is 0 Å². The average molecular weight is 335 g/mol. The Morgan fingerprint density at radius 3 is 2.43 bits per heavy atom. The van der Waals surface area contributed by atoms with Crippen molar-refractivity contribution in [1.29, 1.82) is 0 Å². The van der Waals surface area contributed by atoms with Gasteiger partial charge in [-0.25, -0.2) is 4.39 Å². The molecule has 0 fully saturated rings. The number of carbonyl (C=O) groups is 2. The Bertz CT molecular complexity index is 704. The lowest BCUT2D eigenvalue weighted by molar-refractivity contribution is -0.113. The largest absolute Gasteiger partial charge is 0.345 e. The molecule has 0 aliphatic heterocycles. The van der Waals surface area contributed by atoms with E-state index in [2.05, 4.69) is 10.6 Å². The van der Waals surface area contributed by atoms with Crippen LogP contribution in [0.2, 0.25) is 0 Å². The summed E-state index contributed by atoms with van der Waals surface area (Å²) < 4.78 is 12.9. The lowest BCUT2D eigenvalue weighted by atomic mass is 10.1. The number of benzene rings is 2. The zero-order chi connectivity index (χ0) is 16.8. The van der Waals surface area contributed by atoms with Gasteiger partial charge in [-0.05, 0) is 36.8 Å². The van der Waals surface area contributed by atoms with Crippen molar-refractivity contribution >= 4 is 29.1 Å². The molecule has 4 nitrogen and oxygen atoms in total. The van der Waals surface area contributed by atoms with Gasteiger partial charge in [-0.1, -0.05) is 24.3 Å². The quantitative estimate of drug-likeness (QED) is 0.822. The first-order valence-electron chi connectivity index (χ1n) is 7.02. The van der Waals surface area contributed by atoms with Crippen LogP contribution in [0.25, 0.3) is 0 Å². The third kappa shape index (κ3) is 4.53. The Hall–Kier alpha value is -2.40. The molecule has 2 aromatic carbocycles. The third-order valence-electron chi connectivity index (χ3n) is 3.28. The van der Waals surface area contributed by atoms with E-state index in [1.165, 1.54) is 12.1 Å². The second kappa shape index (κ2) is 7.74. The van der Waals surface area contributed by atoms with E-state index in [1.54, 1.807) is 43.3 Å². The first-order chi connectivity index (χ1) is 11.0. The highest BCUT2D eigenvalue weighted by atomic mass is 35.5. The van der Waals surface area contributed by atoms with Crippen LogP contribution in [0.15, 0.2) is 48.5 Å². The second-order valence-electron chi connectivity index (χ2n) is 4.97. The molecule has 0 radical (unpaired) electrons. The molecule has 6 heteroatoms. The van der Waals surface area contributed by atoms with Crippen molar-refractivity contribution in [3.05, 3.63) is 65.5 Å². The first-order valence-corrected chi connectivity index (χ1v) is 7.56. The van der Waals surface area contributed by atoms with Crippen LogP contribution >= 0.6 is 11.6 Å². The van der Waals surface area contributed by atoms with Crippen LogP contribution < -0.4 is 10.6 Å². The number of halogens is 2. The number of hydrogen-bond acceptors (Lipinski definition) is 2. The van der Waals surface area contributed by atoms with E-state index in [9.17, 15) is 14.0 Å². The predicted octanol–water partition coefficient (Wildman–Crippen LogP) is 3.49. The fraction of sp³-hybridized carbons (Fsp3) is 0.176. The van der Waals surface area contributed by atoms with Gasteiger partial charge in [-0.2, -0.15) is 0 Å². The topological polar surface area (TPSA) is 58.2 Å². The highest BCUT2D eigenvalue weighted by molar-refractivity contribution is 6.29. The van der Waals surface area contributed by atoms with Crippen LogP contribution in [0.4, 0.5) is 10.1 Å². The van der Waals surface area contributed by atoms with Crippen LogP contribution in [0, 0.1) is 5.82 Å². The van der Waals surface area contributed by atoms with Crippen molar-refractivity contribution in [2.24, 2.45) is 0 Å². The molecule has 2 rings (SSSR count). The Kier molecular flexibility index (Phi) is 5.71. The minimum Gasteiger partial charge on any atom is -0.345 e. The lowest BCUT2D eigenvalue weighted by Gasteiger charge is -2.16. The van der Waals surface area contributed by atoms with Gasteiger partial charge in [0.15, 0.2) is 0 Å². The number of alkyl halides is 1. The Morgan fingerprint density at radius 1 is 1.13 bits per heavy atom. The molecule has 0 aliphatic rings. The molecule has 23 heavy (non-hydrogen) atoms. The number of para-hydroxylation sites is 1. The molecule has 0 heterocycles. The summed E-state index contributed by atoms with van der Waals surface area (Å²) in [6.45, 7) is 1.80. The van der Waals surface area contributed by atoms with Crippen LogP contribution in [0.5, 0.6) is 0 Å². The molecule has 2 aromatic rings. The van der Waals surface area contributed by atoms with Crippen molar-refractivity contribution in [2.45, 2.75) is 13.0 Å². The van der Waals surface area contributed by atoms with Gasteiger partial charge >= 0.3 is 0 Å². The third-order valence-corrected chi connectivity index (χ3v) is 3.53. The van der Waals surface area contributed by atoms with Crippen molar-refractivity contribution in [3.63, 3.8) is 0 Å². The number of nitrogens with one attached hydrogen (secondary N) is 2. The van der Waals surface area contributed by atoms with Gasteiger partial charge in [0.2, 0.25) is 5.91 Å². The van der Waals surface area contributed by atoms with Crippen LogP contribution in [0.1, 0.15) is 28.9 Å². The summed E-state index contributed by atoms with van der Waals surface area (Å²) in [4.78, 5) is 23.8. The Labute approximate surface area is 138 Å². The molecular weight excluding hydrogens is 319 g/mol. The Morgan fingerprint density at radius 2 is 1.78 bits per heavy atom. The monoisotopic (exact) mass is 334 g/mol. The highest BCUT2D eigenvalue weighted by Crippen LogP contribution is 2.18. The minimum atomic E-state index is -0.390. The average Bonchev–Trinajstić information content (AvgIpc) is 2.55. The molecule has 1 atom stereocenters. The molecule has 0 aromatic heterocycles. The van der Waals surface area contributed by atoms with Crippen LogP contribution in [0.3, 0.4) is 0 Å². The summed E-state index contributed by atoms with van der Waals surface area (Å²) in [6.07, 6.45) is 0. The number of amides is 2. The van der Waals surface area contributed by atoms with Gasteiger partial charge in [-0.3, -0.25) is 9.59 Å². The van der Waals surface area contributed by atoms with Crippen LogP contribution in [-0.4, -0.2) is 17.7 Å². The number of rotatable bonds is 5. The summed E-state index contributed by atoms with van der Waals surface area (Å²) >= 11 is 5.47. The lowest BCUT2D eigenvalue weighted by Crippen LogP contribution is -2.28. The van der Waals surface area contributed by atoms with E-state index in [0.717, 1.165) is 5.56 Å². The molecular formula is C17H16ClFN2O2. The van der Waals surface area contributed by atoms with Crippen LogP contribution in [-0.2, 0) is 4.79 Å². The van der Waals surface area contributed by atoms with E-state index < -0.39 is 5.91 Å². The van der Waals surface area contributed by atoms with Gasteiger partial charge < -0.3 is 10.6 Å². The SMILES string of the molecule is CC(NC(=O)c1ccccc1NC(=O)CCl)c1ccc(F)cc1. The highest BCUT2D eigenvalue weighted by Gasteiger charge is 2.15. The number of anilines is 1. The number of hydrogen-bond donors (Lipinski definition) is 2. The van der Waals surface area contributed by atoms with Gasteiger partial charge in [-0.15, -0.1) is 11.6 Å². The van der Waals surface area contributed by atoms with E-state index >= 15 is 0 Å². The maximum atomic E-state index is 12.9. The second-order valence-corrected chi connectivity index (χ2v) is 5.24. The van der Waals surface area contributed by atoms with Crippen molar-refractivity contribution < 1.29 is 14.0 Å². The molecule has 0 saturated carbocycles. The maximum absolute atomic E-state index is 12.9. The molecule has 0 aliphatic carbocycles. The van der Waals surface area contributed by atoms with Crippen molar-refractivity contribution in [1.82, 2.24) is 5.32 Å². The molecule has 2 amide bonds. The zero-order valence-corrected chi connectivity index (χ0v) is 13.2.